The minimum absolute atomic E-state index is 0.358. The molecule has 2 bridgehead atoms. The summed E-state index contributed by atoms with van der Waals surface area (Å²) in [7, 11) is 3.06. The van der Waals surface area contributed by atoms with Crippen molar-refractivity contribution in [2.24, 2.45) is 14.1 Å². The van der Waals surface area contributed by atoms with Gasteiger partial charge in [0.05, 0.1) is 23.3 Å². The molecule has 118 valence electrons. The topological polar surface area (TPSA) is 73.5 Å². The molecule has 2 aliphatic heterocycles. The Hall–Kier alpha value is -2.31. The molecule has 3 rings (SSSR count). The molecule has 2 atom stereocenters. The summed E-state index contributed by atoms with van der Waals surface area (Å²) in [5.41, 5.74) is -0.325. The SMILES string of the molecule is Cn1c2c(c(=O)n(C)c1=O)C1C=CC2N1C(=O)OC(C)(C)C. The largest absolute Gasteiger partial charge is 0.444 e. The molecular weight excluding hydrogens is 286 g/mol. The van der Waals surface area contributed by atoms with Crippen LogP contribution in [0.3, 0.4) is 0 Å². The minimum atomic E-state index is -0.623. The maximum absolute atomic E-state index is 12.5. The average Bonchev–Trinajstić information content (AvgIpc) is 2.96. The lowest BCUT2D eigenvalue weighted by Gasteiger charge is -2.27. The zero-order valence-electron chi connectivity index (χ0n) is 13.3. The molecule has 7 nitrogen and oxygen atoms in total. The van der Waals surface area contributed by atoms with Gasteiger partial charge in [-0.3, -0.25) is 18.8 Å². The molecule has 22 heavy (non-hydrogen) atoms. The quantitative estimate of drug-likeness (QED) is 0.670. The highest BCUT2D eigenvalue weighted by Crippen LogP contribution is 2.46. The van der Waals surface area contributed by atoms with E-state index in [0.29, 0.717) is 11.3 Å². The number of hydrogen-bond acceptors (Lipinski definition) is 4. The van der Waals surface area contributed by atoms with Crippen LogP contribution in [0.15, 0.2) is 21.7 Å². The first-order valence-electron chi connectivity index (χ1n) is 7.13. The molecule has 0 fully saturated rings. The van der Waals surface area contributed by atoms with Crippen molar-refractivity contribution in [2.75, 3.05) is 0 Å². The van der Waals surface area contributed by atoms with Crippen molar-refractivity contribution in [3.8, 4) is 0 Å². The van der Waals surface area contributed by atoms with Gasteiger partial charge in [-0.2, -0.15) is 0 Å². The monoisotopic (exact) mass is 305 g/mol. The fraction of sp³-hybridized carbons (Fsp3) is 0.533. The van der Waals surface area contributed by atoms with E-state index in [1.54, 1.807) is 27.8 Å². The number of carbonyl (C=O) groups excluding carboxylic acids is 1. The van der Waals surface area contributed by atoms with Crippen LogP contribution in [0.4, 0.5) is 4.79 Å². The van der Waals surface area contributed by atoms with Gasteiger partial charge in [0.15, 0.2) is 0 Å². The molecule has 0 radical (unpaired) electrons. The number of nitrogens with zero attached hydrogens (tertiary/aromatic N) is 3. The first-order valence-corrected chi connectivity index (χ1v) is 7.13. The van der Waals surface area contributed by atoms with Crippen LogP contribution in [-0.4, -0.2) is 25.7 Å². The molecule has 0 saturated heterocycles. The van der Waals surface area contributed by atoms with Gasteiger partial charge in [-0.15, -0.1) is 0 Å². The Bertz CT molecular complexity index is 810. The van der Waals surface area contributed by atoms with Gasteiger partial charge in [0.25, 0.3) is 5.56 Å². The number of fused-ring (bicyclic) bond motifs is 5. The Kier molecular flexibility index (Phi) is 2.89. The first kappa shape index (κ1) is 14.6. The lowest BCUT2D eigenvalue weighted by Crippen LogP contribution is -2.40. The lowest BCUT2D eigenvalue weighted by atomic mass is 10.0. The van der Waals surface area contributed by atoms with Crippen molar-refractivity contribution in [3.63, 3.8) is 0 Å². The van der Waals surface area contributed by atoms with Crippen molar-refractivity contribution in [1.29, 1.82) is 0 Å². The van der Waals surface area contributed by atoms with Gasteiger partial charge in [0.1, 0.15) is 5.60 Å². The Balaban J connectivity index is 2.11. The van der Waals surface area contributed by atoms with Crippen LogP contribution in [0.25, 0.3) is 0 Å². The van der Waals surface area contributed by atoms with Crippen molar-refractivity contribution >= 4 is 6.09 Å². The summed E-state index contributed by atoms with van der Waals surface area (Å²) in [5.74, 6) is 0. The zero-order valence-corrected chi connectivity index (χ0v) is 13.3. The number of hydrogen-bond donors (Lipinski definition) is 0. The molecule has 1 amide bonds. The summed E-state index contributed by atoms with van der Waals surface area (Å²) in [6, 6.07) is -0.901. The molecule has 2 aliphatic rings. The van der Waals surface area contributed by atoms with E-state index in [1.807, 2.05) is 12.2 Å². The molecule has 0 aliphatic carbocycles. The van der Waals surface area contributed by atoms with Crippen molar-refractivity contribution in [3.05, 3.63) is 44.2 Å². The van der Waals surface area contributed by atoms with Crippen molar-refractivity contribution < 1.29 is 9.53 Å². The molecule has 1 aromatic heterocycles. The van der Waals surface area contributed by atoms with E-state index in [9.17, 15) is 14.4 Å². The van der Waals surface area contributed by atoms with Crippen LogP contribution < -0.4 is 11.2 Å². The summed E-state index contributed by atoms with van der Waals surface area (Å²) in [5, 5.41) is 0. The molecule has 0 N–H and O–H groups in total. The minimum Gasteiger partial charge on any atom is -0.444 e. The van der Waals surface area contributed by atoms with Crippen LogP contribution in [0, 0.1) is 0 Å². The van der Waals surface area contributed by atoms with E-state index in [1.165, 1.54) is 16.5 Å². The van der Waals surface area contributed by atoms with E-state index in [-0.39, 0.29) is 5.56 Å². The van der Waals surface area contributed by atoms with Crippen LogP contribution in [0.2, 0.25) is 0 Å². The van der Waals surface area contributed by atoms with Gasteiger partial charge in [-0.25, -0.2) is 9.59 Å². The predicted molar refractivity (Wildman–Crippen MR) is 79.6 cm³/mol. The highest BCUT2D eigenvalue weighted by Gasteiger charge is 2.48. The standard InChI is InChI=1S/C15H19N3O4/c1-15(2,3)22-14(21)18-8-6-7-9(18)11-10(8)12(19)17(5)13(20)16(11)4/h6-9H,1-5H3. The van der Waals surface area contributed by atoms with E-state index < -0.39 is 29.5 Å². The zero-order chi connectivity index (χ0) is 16.4. The average molecular weight is 305 g/mol. The van der Waals surface area contributed by atoms with Gasteiger partial charge in [0, 0.05) is 14.1 Å². The molecule has 1 aromatic rings. The number of carbonyl (C=O) groups is 1. The van der Waals surface area contributed by atoms with E-state index in [0.717, 1.165) is 4.57 Å². The van der Waals surface area contributed by atoms with E-state index in [2.05, 4.69) is 0 Å². The lowest BCUT2D eigenvalue weighted by molar-refractivity contribution is 0.0193. The molecule has 7 heteroatoms. The van der Waals surface area contributed by atoms with Crippen LogP contribution in [-0.2, 0) is 18.8 Å². The third-order valence-corrected chi connectivity index (χ3v) is 4.00. The van der Waals surface area contributed by atoms with Gasteiger partial charge < -0.3 is 4.74 Å². The Labute approximate surface area is 127 Å². The smallest absolute Gasteiger partial charge is 0.411 e. The third-order valence-electron chi connectivity index (χ3n) is 4.00. The second-order valence-corrected chi connectivity index (χ2v) is 6.67. The van der Waals surface area contributed by atoms with E-state index >= 15 is 0 Å². The van der Waals surface area contributed by atoms with E-state index in [4.69, 9.17) is 4.74 Å². The molecule has 3 heterocycles. The predicted octanol–water partition coefficient (Wildman–Crippen LogP) is 0.987. The normalized spacial score (nSPS) is 22.1. The molecule has 2 unspecified atom stereocenters. The Morgan fingerprint density at radius 1 is 1.09 bits per heavy atom. The maximum Gasteiger partial charge on any atom is 0.411 e. The summed E-state index contributed by atoms with van der Waals surface area (Å²) in [6.45, 7) is 5.37. The van der Waals surface area contributed by atoms with Crippen LogP contribution in [0.1, 0.15) is 44.1 Å². The summed E-state index contributed by atoms with van der Waals surface area (Å²) in [4.78, 5) is 38.5. The molecule has 0 aromatic carbocycles. The maximum atomic E-state index is 12.5. The van der Waals surface area contributed by atoms with Crippen molar-refractivity contribution in [2.45, 2.75) is 38.5 Å². The van der Waals surface area contributed by atoms with Crippen LogP contribution >= 0.6 is 0 Å². The highest BCUT2D eigenvalue weighted by molar-refractivity contribution is 5.73. The number of aromatic nitrogens is 2. The number of amides is 1. The highest BCUT2D eigenvalue weighted by atomic mass is 16.6. The molecule has 0 saturated carbocycles. The van der Waals surface area contributed by atoms with Gasteiger partial charge in [0.2, 0.25) is 0 Å². The molecule has 0 spiro atoms. The second kappa shape index (κ2) is 4.34. The summed E-state index contributed by atoms with van der Waals surface area (Å²) in [6.07, 6.45) is 3.15. The first-order chi connectivity index (χ1) is 10.1. The fourth-order valence-electron chi connectivity index (χ4n) is 3.09. The van der Waals surface area contributed by atoms with Gasteiger partial charge >= 0.3 is 11.8 Å². The Morgan fingerprint density at radius 2 is 1.68 bits per heavy atom. The molecular formula is C15H19N3O4. The van der Waals surface area contributed by atoms with Gasteiger partial charge in [-0.1, -0.05) is 12.2 Å². The van der Waals surface area contributed by atoms with Gasteiger partial charge in [-0.05, 0) is 20.8 Å². The van der Waals surface area contributed by atoms with Crippen molar-refractivity contribution in [1.82, 2.24) is 14.0 Å². The van der Waals surface area contributed by atoms with Crippen LogP contribution in [0.5, 0.6) is 0 Å². The summed E-state index contributed by atoms with van der Waals surface area (Å²) < 4.78 is 7.93. The fourth-order valence-corrected chi connectivity index (χ4v) is 3.09. The number of rotatable bonds is 0. The number of ether oxygens (including phenoxy) is 1. The Morgan fingerprint density at radius 3 is 2.27 bits per heavy atom. The summed E-state index contributed by atoms with van der Waals surface area (Å²) >= 11 is 0. The third kappa shape index (κ3) is 1.84. The second-order valence-electron chi connectivity index (χ2n) is 6.67.